The van der Waals surface area contributed by atoms with Gasteiger partial charge in [-0.2, -0.15) is 21.6 Å². The summed E-state index contributed by atoms with van der Waals surface area (Å²) in [6.45, 7) is 5.31. The van der Waals surface area contributed by atoms with E-state index >= 15 is 0 Å². The molecule has 0 aliphatic heterocycles. The highest BCUT2D eigenvalue weighted by atomic mass is 32.2. The number of benzene rings is 1. The van der Waals surface area contributed by atoms with E-state index in [0.717, 1.165) is 16.5 Å². The molecular weight excluding hydrogens is 307 g/mol. The van der Waals surface area contributed by atoms with Gasteiger partial charge in [0.25, 0.3) is 0 Å². The molecule has 0 N–H and O–H groups in total. The normalized spacial score (nSPS) is 12.7. The standard InChI is InChI=1S/C13H12F3NO3S/c1-7-4-10-6-12(20-21(18,19)13(14,15)16)17-9(3)11(10)5-8(7)2/h4-6H,1-3H3. The molecule has 0 aliphatic rings. The summed E-state index contributed by atoms with van der Waals surface area (Å²) in [5.74, 6) is -0.597. The molecule has 2 aromatic rings. The van der Waals surface area contributed by atoms with E-state index in [9.17, 15) is 21.6 Å². The van der Waals surface area contributed by atoms with Crippen molar-refractivity contribution >= 4 is 20.9 Å². The summed E-state index contributed by atoms with van der Waals surface area (Å²) in [6.07, 6.45) is 0. The van der Waals surface area contributed by atoms with E-state index in [1.807, 2.05) is 19.9 Å². The van der Waals surface area contributed by atoms with Crippen molar-refractivity contribution in [2.45, 2.75) is 26.3 Å². The Bertz CT molecular complexity index is 814. The molecule has 0 unspecified atom stereocenters. The first kappa shape index (κ1) is 15.6. The number of aromatic nitrogens is 1. The minimum atomic E-state index is -5.72. The third kappa shape index (κ3) is 2.94. The van der Waals surface area contributed by atoms with Crippen LogP contribution >= 0.6 is 0 Å². The van der Waals surface area contributed by atoms with E-state index in [-0.39, 0.29) is 0 Å². The van der Waals surface area contributed by atoms with Gasteiger partial charge in [0.2, 0.25) is 5.88 Å². The van der Waals surface area contributed by atoms with Crippen LogP contribution in [-0.4, -0.2) is 18.9 Å². The number of pyridine rings is 1. The zero-order chi connectivity index (χ0) is 16.0. The number of aryl methyl sites for hydroxylation is 3. The molecule has 1 heterocycles. The van der Waals surface area contributed by atoms with Gasteiger partial charge in [-0.05, 0) is 43.4 Å². The molecule has 0 fully saturated rings. The first-order valence-corrected chi connectivity index (χ1v) is 7.31. The third-order valence-electron chi connectivity index (χ3n) is 3.09. The lowest BCUT2D eigenvalue weighted by molar-refractivity contribution is -0.0501. The summed E-state index contributed by atoms with van der Waals surface area (Å²) >= 11 is 0. The quantitative estimate of drug-likeness (QED) is 0.629. The van der Waals surface area contributed by atoms with Crippen LogP contribution in [0.15, 0.2) is 18.2 Å². The van der Waals surface area contributed by atoms with Gasteiger partial charge in [0.05, 0.1) is 0 Å². The third-order valence-corrected chi connectivity index (χ3v) is 4.05. The molecule has 2 rings (SSSR count). The average Bonchev–Trinajstić information content (AvgIpc) is 2.30. The van der Waals surface area contributed by atoms with Crippen LogP contribution in [0.4, 0.5) is 13.2 Å². The maximum absolute atomic E-state index is 12.3. The molecule has 0 spiro atoms. The van der Waals surface area contributed by atoms with Gasteiger partial charge < -0.3 is 4.18 Å². The minimum absolute atomic E-state index is 0.392. The van der Waals surface area contributed by atoms with Gasteiger partial charge in [-0.1, -0.05) is 6.07 Å². The Balaban J connectivity index is 2.56. The fourth-order valence-corrected chi connectivity index (χ4v) is 2.27. The van der Waals surface area contributed by atoms with Gasteiger partial charge in [0, 0.05) is 17.1 Å². The van der Waals surface area contributed by atoms with E-state index in [1.165, 1.54) is 6.07 Å². The SMILES string of the molecule is Cc1cc2cc(OS(=O)(=O)C(F)(F)F)nc(C)c2cc1C. The molecule has 1 aromatic heterocycles. The number of rotatable bonds is 2. The summed E-state index contributed by atoms with van der Waals surface area (Å²) in [5, 5.41) is 1.30. The zero-order valence-electron chi connectivity index (χ0n) is 11.4. The fraction of sp³-hybridized carbons (Fsp3) is 0.308. The van der Waals surface area contributed by atoms with Crippen molar-refractivity contribution in [1.29, 1.82) is 0 Å². The molecule has 0 atom stereocenters. The van der Waals surface area contributed by atoms with Crippen molar-refractivity contribution < 1.29 is 25.8 Å². The summed E-state index contributed by atoms with van der Waals surface area (Å²) < 4.78 is 63.0. The maximum Gasteiger partial charge on any atom is 0.534 e. The van der Waals surface area contributed by atoms with E-state index < -0.39 is 21.5 Å². The van der Waals surface area contributed by atoms with E-state index in [2.05, 4.69) is 9.17 Å². The van der Waals surface area contributed by atoms with Crippen LogP contribution < -0.4 is 4.18 Å². The summed E-state index contributed by atoms with van der Waals surface area (Å²) in [5.41, 5.74) is -3.16. The molecule has 0 aliphatic carbocycles. The van der Waals surface area contributed by atoms with E-state index in [4.69, 9.17) is 0 Å². The largest absolute Gasteiger partial charge is 0.534 e. The highest BCUT2D eigenvalue weighted by Gasteiger charge is 2.48. The van der Waals surface area contributed by atoms with Crippen LogP contribution in [0.3, 0.4) is 0 Å². The van der Waals surface area contributed by atoms with Crippen LogP contribution in [0.5, 0.6) is 5.88 Å². The van der Waals surface area contributed by atoms with Crippen molar-refractivity contribution in [3.8, 4) is 5.88 Å². The Hall–Kier alpha value is -1.83. The first-order valence-electron chi connectivity index (χ1n) is 5.90. The lowest BCUT2D eigenvalue weighted by Gasteiger charge is -2.11. The van der Waals surface area contributed by atoms with Crippen LogP contribution in [0.2, 0.25) is 0 Å². The number of hydrogen-bond donors (Lipinski definition) is 0. The second-order valence-electron chi connectivity index (χ2n) is 4.69. The molecule has 0 radical (unpaired) electrons. The molecule has 0 saturated heterocycles. The first-order chi connectivity index (χ1) is 9.51. The minimum Gasteiger partial charge on any atom is -0.355 e. The molecule has 4 nitrogen and oxygen atoms in total. The van der Waals surface area contributed by atoms with Gasteiger partial charge >= 0.3 is 15.6 Å². The van der Waals surface area contributed by atoms with E-state index in [0.29, 0.717) is 11.1 Å². The molecule has 0 bridgehead atoms. The zero-order valence-corrected chi connectivity index (χ0v) is 12.3. The molecule has 0 saturated carbocycles. The molecule has 8 heteroatoms. The van der Waals surface area contributed by atoms with Gasteiger partial charge in [-0.3, -0.25) is 0 Å². The van der Waals surface area contributed by atoms with Crippen LogP contribution in [0.1, 0.15) is 16.8 Å². The second-order valence-corrected chi connectivity index (χ2v) is 6.22. The molecule has 0 amide bonds. The molecular formula is C13H12F3NO3S. The lowest BCUT2D eigenvalue weighted by atomic mass is 10.0. The highest BCUT2D eigenvalue weighted by Crippen LogP contribution is 2.29. The number of hydrogen-bond acceptors (Lipinski definition) is 4. The van der Waals surface area contributed by atoms with Crippen molar-refractivity contribution in [3.63, 3.8) is 0 Å². The Morgan fingerprint density at radius 1 is 1.05 bits per heavy atom. The summed E-state index contributed by atoms with van der Waals surface area (Å²) in [7, 11) is -5.72. The summed E-state index contributed by atoms with van der Waals surface area (Å²) in [4.78, 5) is 3.77. The molecule has 1 aromatic carbocycles. The fourth-order valence-electron chi connectivity index (χ4n) is 1.86. The Labute approximate surface area is 119 Å². The van der Waals surface area contributed by atoms with Gasteiger partial charge in [-0.25, -0.2) is 4.98 Å². The van der Waals surface area contributed by atoms with Crippen molar-refractivity contribution in [3.05, 3.63) is 35.0 Å². The van der Waals surface area contributed by atoms with Gasteiger partial charge in [0.15, 0.2) is 0 Å². The Kier molecular flexibility index (Phi) is 3.61. The highest BCUT2D eigenvalue weighted by molar-refractivity contribution is 7.87. The van der Waals surface area contributed by atoms with Crippen LogP contribution in [0.25, 0.3) is 10.8 Å². The van der Waals surface area contributed by atoms with Crippen molar-refractivity contribution in [1.82, 2.24) is 4.98 Å². The maximum atomic E-state index is 12.3. The molecule has 21 heavy (non-hydrogen) atoms. The van der Waals surface area contributed by atoms with Crippen LogP contribution in [0, 0.1) is 20.8 Å². The number of halogens is 3. The smallest absolute Gasteiger partial charge is 0.355 e. The second kappa shape index (κ2) is 4.87. The topological polar surface area (TPSA) is 56.3 Å². The number of nitrogens with zero attached hydrogens (tertiary/aromatic N) is 1. The average molecular weight is 319 g/mol. The lowest BCUT2D eigenvalue weighted by Crippen LogP contribution is -2.28. The predicted octanol–water partition coefficient (Wildman–Crippen LogP) is 3.39. The predicted molar refractivity (Wildman–Crippen MR) is 71.6 cm³/mol. The Morgan fingerprint density at radius 2 is 1.62 bits per heavy atom. The van der Waals surface area contributed by atoms with Crippen molar-refractivity contribution in [2.24, 2.45) is 0 Å². The number of fused-ring (bicyclic) bond motifs is 1. The Morgan fingerprint density at radius 3 is 2.19 bits per heavy atom. The molecule has 114 valence electrons. The van der Waals surface area contributed by atoms with Crippen LogP contribution in [-0.2, 0) is 10.1 Å². The van der Waals surface area contributed by atoms with Gasteiger partial charge in [0.1, 0.15) is 0 Å². The summed E-state index contributed by atoms with van der Waals surface area (Å²) in [6, 6.07) is 4.76. The van der Waals surface area contributed by atoms with Crippen molar-refractivity contribution in [2.75, 3.05) is 0 Å². The monoisotopic (exact) mass is 319 g/mol. The van der Waals surface area contributed by atoms with Gasteiger partial charge in [-0.15, -0.1) is 0 Å². The van der Waals surface area contributed by atoms with E-state index in [1.54, 1.807) is 13.0 Å². The number of alkyl halides is 3.